The highest BCUT2D eigenvalue weighted by Gasteiger charge is 2.15. The number of nitrogens with zero attached hydrogens (tertiary/aromatic N) is 1. The number of nitrogens with one attached hydrogen (secondary N) is 2. The Morgan fingerprint density at radius 3 is 2.46 bits per heavy atom. The van der Waals surface area contributed by atoms with Crippen LogP contribution in [0.15, 0.2) is 29.3 Å². The molecule has 0 heterocycles. The van der Waals surface area contributed by atoms with E-state index in [2.05, 4.69) is 35.7 Å². The summed E-state index contributed by atoms with van der Waals surface area (Å²) in [5.74, 6) is 1.28. The maximum Gasteiger partial charge on any atom is 0.191 e. The number of aliphatic imine (C=N–C) groups is 1. The molecule has 0 atom stereocenters. The fourth-order valence-electron chi connectivity index (χ4n) is 1.74. The van der Waals surface area contributed by atoms with E-state index >= 15 is 0 Å². The van der Waals surface area contributed by atoms with Gasteiger partial charge in [-0.15, -0.1) is 24.0 Å². The SMILES string of the molecule is CN=C(NCCCCOc1ccc(F)cc1)NCC(C)(C)SC.I. The fraction of sp³-hybridized carbons (Fsp3) is 0.588. The van der Waals surface area contributed by atoms with Gasteiger partial charge in [0.05, 0.1) is 6.61 Å². The van der Waals surface area contributed by atoms with Gasteiger partial charge >= 0.3 is 0 Å². The Labute approximate surface area is 166 Å². The second-order valence-electron chi connectivity index (χ2n) is 5.83. The summed E-state index contributed by atoms with van der Waals surface area (Å²) in [6, 6.07) is 6.10. The molecule has 0 saturated heterocycles. The maximum absolute atomic E-state index is 12.8. The zero-order valence-electron chi connectivity index (χ0n) is 14.9. The maximum atomic E-state index is 12.8. The van der Waals surface area contributed by atoms with Crippen molar-refractivity contribution in [3.05, 3.63) is 30.1 Å². The lowest BCUT2D eigenvalue weighted by atomic mass is 10.2. The third kappa shape index (κ3) is 10.2. The first-order valence-corrected chi connectivity index (χ1v) is 9.07. The van der Waals surface area contributed by atoms with Gasteiger partial charge in [-0.25, -0.2) is 4.39 Å². The average Bonchev–Trinajstić information content (AvgIpc) is 2.55. The van der Waals surface area contributed by atoms with Crippen LogP contribution < -0.4 is 15.4 Å². The number of halogens is 2. The van der Waals surface area contributed by atoms with Crippen molar-refractivity contribution >= 4 is 41.7 Å². The quantitative estimate of drug-likeness (QED) is 0.249. The monoisotopic (exact) mass is 469 g/mol. The van der Waals surface area contributed by atoms with E-state index in [1.165, 1.54) is 12.1 Å². The van der Waals surface area contributed by atoms with Crippen molar-refractivity contribution in [1.82, 2.24) is 10.6 Å². The first-order valence-electron chi connectivity index (χ1n) is 7.85. The summed E-state index contributed by atoms with van der Waals surface area (Å²) < 4.78 is 18.5. The Kier molecular flexibility index (Phi) is 12.3. The normalized spacial score (nSPS) is 11.6. The van der Waals surface area contributed by atoms with Crippen molar-refractivity contribution in [2.75, 3.05) is 33.0 Å². The third-order valence-electron chi connectivity index (χ3n) is 3.40. The molecule has 0 aliphatic heterocycles. The van der Waals surface area contributed by atoms with E-state index in [4.69, 9.17) is 4.74 Å². The molecule has 0 fully saturated rings. The zero-order valence-corrected chi connectivity index (χ0v) is 18.0. The summed E-state index contributed by atoms with van der Waals surface area (Å²) >= 11 is 1.83. The van der Waals surface area contributed by atoms with Gasteiger partial charge in [-0.3, -0.25) is 4.99 Å². The van der Waals surface area contributed by atoms with Crippen molar-refractivity contribution < 1.29 is 9.13 Å². The first-order chi connectivity index (χ1) is 11.0. The highest BCUT2D eigenvalue weighted by molar-refractivity contribution is 14.0. The van der Waals surface area contributed by atoms with Crippen molar-refractivity contribution in [3.8, 4) is 5.75 Å². The van der Waals surface area contributed by atoms with Gasteiger partial charge in [0, 0.05) is 24.9 Å². The Morgan fingerprint density at radius 2 is 1.88 bits per heavy atom. The number of rotatable bonds is 9. The summed E-state index contributed by atoms with van der Waals surface area (Å²) in [7, 11) is 1.78. The van der Waals surface area contributed by atoms with Crippen LogP contribution in [0.1, 0.15) is 26.7 Å². The number of benzene rings is 1. The van der Waals surface area contributed by atoms with Crippen LogP contribution in [0.5, 0.6) is 5.75 Å². The topological polar surface area (TPSA) is 45.7 Å². The average molecular weight is 469 g/mol. The fourth-order valence-corrected chi connectivity index (χ4v) is 1.96. The lowest BCUT2D eigenvalue weighted by Crippen LogP contribution is -2.43. The highest BCUT2D eigenvalue weighted by Crippen LogP contribution is 2.19. The first kappa shape index (κ1) is 23.3. The highest BCUT2D eigenvalue weighted by atomic mass is 127. The van der Waals surface area contributed by atoms with Crippen LogP contribution in [0.3, 0.4) is 0 Å². The molecule has 0 spiro atoms. The number of thioether (sulfide) groups is 1. The molecule has 0 bridgehead atoms. The van der Waals surface area contributed by atoms with E-state index in [-0.39, 0.29) is 34.5 Å². The van der Waals surface area contributed by atoms with Crippen LogP contribution in [0, 0.1) is 5.82 Å². The van der Waals surface area contributed by atoms with Gasteiger partial charge in [-0.05, 0) is 57.2 Å². The molecule has 24 heavy (non-hydrogen) atoms. The van der Waals surface area contributed by atoms with Crippen LogP contribution in [0.25, 0.3) is 0 Å². The number of guanidine groups is 1. The number of hydrogen-bond acceptors (Lipinski definition) is 3. The second kappa shape index (κ2) is 12.6. The van der Waals surface area contributed by atoms with Crippen molar-refractivity contribution in [2.45, 2.75) is 31.4 Å². The van der Waals surface area contributed by atoms with Gasteiger partial charge in [-0.1, -0.05) is 0 Å². The van der Waals surface area contributed by atoms with Crippen LogP contribution in [0.2, 0.25) is 0 Å². The number of ether oxygens (including phenoxy) is 1. The molecular formula is C17H29FIN3OS. The predicted octanol–water partition coefficient (Wildman–Crippen LogP) is 3.91. The molecule has 1 rings (SSSR count). The molecule has 1 aromatic carbocycles. The smallest absolute Gasteiger partial charge is 0.191 e. The molecule has 4 nitrogen and oxygen atoms in total. The van der Waals surface area contributed by atoms with Gasteiger partial charge in [-0.2, -0.15) is 11.8 Å². The van der Waals surface area contributed by atoms with E-state index in [0.717, 1.165) is 31.9 Å². The van der Waals surface area contributed by atoms with E-state index in [0.29, 0.717) is 12.4 Å². The number of hydrogen-bond donors (Lipinski definition) is 2. The van der Waals surface area contributed by atoms with E-state index < -0.39 is 0 Å². The van der Waals surface area contributed by atoms with Gasteiger partial charge < -0.3 is 15.4 Å². The third-order valence-corrected chi connectivity index (χ3v) is 4.65. The van der Waals surface area contributed by atoms with Gasteiger partial charge in [0.1, 0.15) is 11.6 Å². The molecule has 0 aromatic heterocycles. The van der Waals surface area contributed by atoms with Gasteiger partial charge in [0.2, 0.25) is 0 Å². The molecule has 1 aromatic rings. The largest absolute Gasteiger partial charge is 0.494 e. The molecule has 7 heteroatoms. The second-order valence-corrected chi connectivity index (χ2v) is 7.34. The minimum Gasteiger partial charge on any atom is -0.494 e. The summed E-state index contributed by atoms with van der Waals surface area (Å²) in [6.45, 7) is 6.72. The molecule has 0 aliphatic rings. The summed E-state index contributed by atoms with van der Waals surface area (Å²) in [6.07, 6.45) is 4.02. The van der Waals surface area contributed by atoms with Crippen LogP contribution in [-0.2, 0) is 0 Å². The van der Waals surface area contributed by atoms with Crippen molar-refractivity contribution in [3.63, 3.8) is 0 Å². The Bertz CT molecular complexity index is 483. The molecule has 0 saturated carbocycles. The Hall–Kier alpha value is -0.700. The lowest BCUT2D eigenvalue weighted by molar-refractivity contribution is 0.306. The summed E-state index contributed by atoms with van der Waals surface area (Å²) in [5.41, 5.74) is 0. The molecular weight excluding hydrogens is 440 g/mol. The Balaban J connectivity index is 0.00000529. The van der Waals surface area contributed by atoms with Crippen molar-refractivity contribution in [2.24, 2.45) is 4.99 Å². The Morgan fingerprint density at radius 1 is 1.21 bits per heavy atom. The zero-order chi connectivity index (χ0) is 17.1. The van der Waals surface area contributed by atoms with E-state index in [9.17, 15) is 4.39 Å². The predicted molar refractivity (Wildman–Crippen MR) is 114 cm³/mol. The van der Waals surface area contributed by atoms with Crippen LogP contribution in [-0.4, -0.2) is 43.7 Å². The molecule has 0 aliphatic carbocycles. The molecule has 138 valence electrons. The standard InChI is InChI=1S/C17H28FN3OS.HI/c1-17(2,23-4)13-21-16(19-3)20-11-5-6-12-22-15-9-7-14(18)8-10-15;/h7-10H,5-6,11-13H2,1-4H3,(H2,19,20,21);1H. The van der Waals surface area contributed by atoms with Gasteiger partial charge in [0.25, 0.3) is 0 Å². The minimum absolute atomic E-state index is 0. The minimum atomic E-state index is -0.245. The van der Waals surface area contributed by atoms with E-state index in [1.54, 1.807) is 19.2 Å². The molecule has 0 unspecified atom stereocenters. The summed E-state index contributed by atoms with van der Waals surface area (Å²) in [5, 5.41) is 6.63. The van der Waals surface area contributed by atoms with Crippen LogP contribution in [0.4, 0.5) is 4.39 Å². The molecule has 2 N–H and O–H groups in total. The number of unbranched alkanes of at least 4 members (excludes halogenated alkanes) is 1. The summed E-state index contributed by atoms with van der Waals surface area (Å²) in [4.78, 5) is 4.22. The van der Waals surface area contributed by atoms with Crippen LogP contribution >= 0.6 is 35.7 Å². The molecule has 0 amide bonds. The van der Waals surface area contributed by atoms with Crippen molar-refractivity contribution in [1.29, 1.82) is 0 Å². The molecule has 0 radical (unpaired) electrons. The lowest BCUT2D eigenvalue weighted by Gasteiger charge is -2.23. The van der Waals surface area contributed by atoms with E-state index in [1.807, 2.05) is 11.8 Å². The van der Waals surface area contributed by atoms with Gasteiger partial charge in [0.15, 0.2) is 5.96 Å².